The van der Waals surface area contributed by atoms with Gasteiger partial charge in [-0.3, -0.25) is 4.79 Å². The van der Waals surface area contributed by atoms with Crippen LogP contribution < -0.4 is 19.5 Å². The predicted molar refractivity (Wildman–Crippen MR) is 133 cm³/mol. The second-order valence-corrected chi connectivity index (χ2v) is 8.25. The molecule has 4 aromatic rings. The molecule has 0 unspecified atom stereocenters. The molecule has 0 saturated carbocycles. The molecule has 36 heavy (non-hydrogen) atoms. The highest BCUT2D eigenvalue weighted by molar-refractivity contribution is 5.95. The predicted octanol–water partition coefficient (Wildman–Crippen LogP) is 3.92. The minimum absolute atomic E-state index is 0.141. The maximum absolute atomic E-state index is 12.9. The van der Waals surface area contributed by atoms with Crippen molar-refractivity contribution in [2.45, 2.75) is 26.2 Å². The zero-order valence-corrected chi connectivity index (χ0v) is 20.5. The second-order valence-electron chi connectivity index (χ2n) is 8.25. The number of hydrogen-bond acceptors (Lipinski definition) is 8. The third-order valence-electron chi connectivity index (χ3n) is 6.12. The van der Waals surface area contributed by atoms with E-state index in [2.05, 4.69) is 20.5 Å². The van der Waals surface area contributed by atoms with Crippen molar-refractivity contribution in [2.24, 2.45) is 0 Å². The molecule has 0 saturated heterocycles. The number of nitrogens with one attached hydrogen (secondary N) is 1. The van der Waals surface area contributed by atoms with Gasteiger partial charge >= 0.3 is 0 Å². The zero-order valence-electron chi connectivity index (χ0n) is 20.5. The second kappa shape index (κ2) is 9.65. The molecule has 1 aliphatic heterocycles. The van der Waals surface area contributed by atoms with E-state index in [1.54, 1.807) is 20.4 Å². The van der Waals surface area contributed by atoms with Gasteiger partial charge in [0.25, 0.3) is 5.95 Å². The number of amides is 1. The van der Waals surface area contributed by atoms with Crippen molar-refractivity contribution in [2.75, 3.05) is 26.1 Å². The lowest BCUT2D eigenvalue weighted by molar-refractivity contribution is -0.116. The van der Waals surface area contributed by atoms with Gasteiger partial charge in [0.05, 0.1) is 38.4 Å². The fraction of sp³-hybridized carbons (Fsp3) is 0.269. The average Bonchev–Trinajstić information content (AvgIpc) is 3.24. The molecule has 1 amide bonds. The van der Waals surface area contributed by atoms with E-state index in [-0.39, 0.29) is 24.2 Å². The Bertz CT molecular complexity index is 1420. The molecule has 0 spiro atoms. The Morgan fingerprint density at radius 3 is 2.64 bits per heavy atom. The van der Waals surface area contributed by atoms with Crippen LogP contribution in [-0.2, 0) is 4.79 Å². The molecular formula is C26H26N6O4. The number of benzene rings is 2. The third-order valence-corrected chi connectivity index (χ3v) is 6.12. The Hall–Kier alpha value is -4.47. The summed E-state index contributed by atoms with van der Waals surface area (Å²) in [5.74, 6) is 2.34. The molecule has 184 valence electrons. The Morgan fingerprint density at radius 1 is 1.11 bits per heavy atom. The first-order chi connectivity index (χ1) is 17.5. The number of nitrogens with zero attached hydrogens (tertiary/aromatic N) is 5. The molecular weight excluding hydrogens is 460 g/mol. The minimum atomic E-state index is -0.281. The van der Waals surface area contributed by atoms with Gasteiger partial charge in [0, 0.05) is 29.0 Å². The maximum atomic E-state index is 12.9. The number of aromatic nitrogens is 5. The molecule has 5 rings (SSSR count). The van der Waals surface area contributed by atoms with Crippen LogP contribution in [0, 0.1) is 6.92 Å². The number of para-hydroxylation sites is 1. The topological polar surface area (TPSA) is 113 Å². The number of methoxy groups -OCH3 is 2. The lowest BCUT2D eigenvalue weighted by Crippen LogP contribution is -2.25. The van der Waals surface area contributed by atoms with Crippen LogP contribution in [-0.4, -0.2) is 51.7 Å². The molecule has 1 atom stereocenters. The summed E-state index contributed by atoms with van der Waals surface area (Å²) < 4.78 is 18.3. The summed E-state index contributed by atoms with van der Waals surface area (Å²) in [6.07, 6.45) is 1.83. The van der Waals surface area contributed by atoms with E-state index in [0.29, 0.717) is 29.6 Å². The van der Waals surface area contributed by atoms with Crippen molar-refractivity contribution in [1.29, 1.82) is 0 Å². The van der Waals surface area contributed by atoms with Gasteiger partial charge in [0.15, 0.2) is 11.5 Å². The van der Waals surface area contributed by atoms with Crippen LogP contribution in [0.4, 0.5) is 5.82 Å². The van der Waals surface area contributed by atoms with E-state index in [0.717, 1.165) is 28.1 Å². The summed E-state index contributed by atoms with van der Waals surface area (Å²) in [6.45, 7) is 4.29. The number of fused-ring (bicyclic) bond motifs is 1. The van der Waals surface area contributed by atoms with Gasteiger partial charge in [0.1, 0.15) is 11.6 Å². The van der Waals surface area contributed by atoms with Crippen molar-refractivity contribution in [3.8, 4) is 34.5 Å². The van der Waals surface area contributed by atoms with Gasteiger partial charge in [-0.15, -0.1) is 5.10 Å². The number of aryl methyl sites for hydroxylation is 1. The van der Waals surface area contributed by atoms with Crippen molar-refractivity contribution in [3.63, 3.8) is 0 Å². The van der Waals surface area contributed by atoms with E-state index >= 15 is 0 Å². The number of rotatable bonds is 7. The van der Waals surface area contributed by atoms with Crippen molar-refractivity contribution in [3.05, 3.63) is 65.5 Å². The first-order valence-corrected chi connectivity index (χ1v) is 11.6. The molecule has 2 aromatic heterocycles. The Kier molecular flexibility index (Phi) is 6.24. The van der Waals surface area contributed by atoms with Gasteiger partial charge in [0.2, 0.25) is 5.91 Å². The summed E-state index contributed by atoms with van der Waals surface area (Å²) in [6, 6.07) is 13.2. The zero-order chi connectivity index (χ0) is 25.2. The standard InChI is InChI=1S/C26H26N6O4/c1-5-36-24-18(7-6-8-21(24)35-4)19-13-22(33)29-25-23(19)15(2)31-32(25)26-28-20(14-27-30-26)16-9-11-17(34-3)12-10-16/h6-12,14,19H,5,13H2,1-4H3,(H,29,33)/t19-/m0/s1. The van der Waals surface area contributed by atoms with Crippen LogP contribution in [0.15, 0.2) is 48.7 Å². The monoisotopic (exact) mass is 486 g/mol. The van der Waals surface area contributed by atoms with Crippen LogP contribution in [0.25, 0.3) is 17.2 Å². The molecule has 1 N–H and O–H groups in total. The van der Waals surface area contributed by atoms with E-state index in [1.165, 1.54) is 4.68 Å². The van der Waals surface area contributed by atoms with Gasteiger partial charge < -0.3 is 19.5 Å². The summed E-state index contributed by atoms with van der Waals surface area (Å²) >= 11 is 0. The number of ether oxygens (including phenoxy) is 3. The van der Waals surface area contributed by atoms with E-state index in [9.17, 15) is 4.79 Å². The molecule has 2 aromatic carbocycles. The van der Waals surface area contributed by atoms with Crippen LogP contribution in [0.5, 0.6) is 17.2 Å². The van der Waals surface area contributed by atoms with E-state index in [1.807, 2.05) is 56.3 Å². The largest absolute Gasteiger partial charge is 0.497 e. The first kappa shape index (κ1) is 23.3. The van der Waals surface area contributed by atoms with Crippen molar-refractivity contribution >= 4 is 11.7 Å². The quantitative estimate of drug-likeness (QED) is 0.418. The Balaban J connectivity index is 1.60. The number of carbonyl (C=O) groups excluding carboxylic acids is 1. The highest BCUT2D eigenvalue weighted by Crippen LogP contribution is 2.45. The Morgan fingerprint density at radius 2 is 1.92 bits per heavy atom. The van der Waals surface area contributed by atoms with Crippen LogP contribution in [0.3, 0.4) is 0 Å². The molecule has 0 radical (unpaired) electrons. The van der Waals surface area contributed by atoms with Gasteiger partial charge in [-0.25, -0.2) is 4.98 Å². The van der Waals surface area contributed by atoms with Gasteiger partial charge in [-0.05, 0) is 44.2 Å². The van der Waals surface area contributed by atoms with Crippen LogP contribution in [0.1, 0.15) is 36.1 Å². The van der Waals surface area contributed by atoms with E-state index in [4.69, 9.17) is 19.3 Å². The molecule has 0 fully saturated rings. The summed E-state index contributed by atoms with van der Waals surface area (Å²) in [5, 5.41) is 16.0. The first-order valence-electron chi connectivity index (χ1n) is 11.6. The molecule has 3 heterocycles. The molecule has 0 bridgehead atoms. The number of anilines is 1. The molecule has 10 nitrogen and oxygen atoms in total. The Labute approximate surface area is 208 Å². The van der Waals surface area contributed by atoms with Crippen molar-refractivity contribution in [1.82, 2.24) is 25.0 Å². The third kappa shape index (κ3) is 4.10. The van der Waals surface area contributed by atoms with Crippen LogP contribution >= 0.6 is 0 Å². The molecule has 0 aliphatic carbocycles. The van der Waals surface area contributed by atoms with Crippen LogP contribution in [0.2, 0.25) is 0 Å². The van der Waals surface area contributed by atoms with Gasteiger partial charge in [-0.1, -0.05) is 12.1 Å². The fourth-order valence-electron chi connectivity index (χ4n) is 4.51. The average molecular weight is 487 g/mol. The lowest BCUT2D eigenvalue weighted by atomic mass is 9.85. The summed E-state index contributed by atoms with van der Waals surface area (Å²) in [5.41, 5.74) is 3.96. The number of carbonyl (C=O) groups is 1. The molecule has 1 aliphatic rings. The smallest absolute Gasteiger partial charge is 0.272 e. The highest BCUT2D eigenvalue weighted by Gasteiger charge is 2.35. The molecule has 10 heteroatoms. The normalized spacial score (nSPS) is 14.7. The fourth-order valence-corrected chi connectivity index (χ4v) is 4.51. The lowest BCUT2D eigenvalue weighted by Gasteiger charge is -2.26. The number of hydrogen-bond donors (Lipinski definition) is 1. The summed E-state index contributed by atoms with van der Waals surface area (Å²) in [4.78, 5) is 17.6. The maximum Gasteiger partial charge on any atom is 0.272 e. The van der Waals surface area contributed by atoms with Gasteiger partial charge in [-0.2, -0.15) is 14.9 Å². The SMILES string of the molecule is CCOc1c(OC)cccc1[C@@H]1CC(=O)Nc2c1c(C)nn2-c1nncc(-c2ccc(OC)cc2)n1. The van der Waals surface area contributed by atoms with Crippen molar-refractivity contribution < 1.29 is 19.0 Å². The minimum Gasteiger partial charge on any atom is -0.497 e. The van der Waals surface area contributed by atoms with E-state index < -0.39 is 0 Å². The summed E-state index contributed by atoms with van der Waals surface area (Å²) in [7, 11) is 3.22. The highest BCUT2D eigenvalue weighted by atomic mass is 16.5.